The summed E-state index contributed by atoms with van der Waals surface area (Å²) in [6, 6.07) is -4.01. The van der Waals surface area contributed by atoms with Gasteiger partial charge in [-0.25, -0.2) is 9.78 Å². The molecule has 0 aromatic carbocycles. The zero-order valence-electron chi connectivity index (χ0n) is 14.8. The lowest BCUT2D eigenvalue weighted by molar-refractivity contribution is -0.143. The fourth-order valence-corrected chi connectivity index (χ4v) is 2.19. The molecule has 0 saturated carbocycles. The van der Waals surface area contributed by atoms with Gasteiger partial charge in [-0.2, -0.15) is 0 Å². The van der Waals surface area contributed by atoms with E-state index in [0.717, 1.165) is 0 Å². The fourth-order valence-electron chi connectivity index (χ4n) is 2.19. The Morgan fingerprint density at radius 1 is 1.11 bits per heavy atom. The summed E-state index contributed by atoms with van der Waals surface area (Å²) in [6.45, 7) is 0. The van der Waals surface area contributed by atoms with Crippen LogP contribution in [0.25, 0.3) is 0 Å². The van der Waals surface area contributed by atoms with Gasteiger partial charge in [0.15, 0.2) is 0 Å². The van der Waals surface area contributed by atoms with Gasteiger partial charge < -0.3 is 37.3 Å². The highest BCUT2D eigenvalue weighted by Crippen LogP contribution is 2.03. The van der Waals surface area contributed by atoms with Gasteiger partial charge in [-0.15, -0.1) is 0 Å². The van der Waals surface area contributed by atoms with Crippen molar-refractivity contribution in [3.05, 3.63) is 18.2 Å². The minimum absolute atomic E-state index is 0.0772. The molecule has 0 aliphatic rings. The molecule has 1 heterocycles. The highest BCUT2D eigenvalue weighted by molar-refractivity contribution is 5.93. The molecule has 3 unspecified atom stereocenters. The number of carboxylic acids is 2. The number of carbonyl (C=O) groups excluding carboxylic acids is 3. The number of amides is 3. The molecule has 0 spiro atoms. The van der Waals surface area contributed by atoms with E-state index in [0.29, 0.717) is 5.69 Å². The minimum atomic E-state index is -1.58. The van der Waals surface area contributed by atoms with Crippen LogP contribution in [-0.4, -0.2) is 68.0 Å². The van der Waals surface area contributed by atoms with Crippen LogP contribution in [0.3, 0.4) is 0 Å². The van der Waals surface area contributed by atoms with E-state index in [2.05, 4.69) is 20.6 Å². The van der Waals surface area contributed by atoms with Crippen molar-refractivity contribution in [3.8, 4) is 0 Å². The summed E-state index contributed by atoms with van der Waals surface area (Å²) in [5.74, 6) is -5.22. The van der Waals surface area contributed by atoms with E-state index in [1.807, 2.05) is 0 Å². The van der Waals surface area contributed by atoms with E-state index < -0.39 is 54.2 Å². The molecule has 28 heavy (non-hydrogen) atoms. The van der Waals surface area contributed by atoms with E-state index in [-0.39, 0.29) is 19.3 Å². The number of nitrogens with one attached hydrogen (secondary N) is 3. The van der Waals surface area contributed by atoms with Crippen LogP contribution in [0.4, 0.5) is 0 Å². The van der Waals surface area contributed by atoms with Crippen LogP contribution in [0.2, 0.25) is 0 Å². The van der Waals surface area contributed by atoms with Gasteiger partial charge in [-0.05, 0) is 6.42 Å². The second-order valence-corrected chi connectivity index (χ2v) is 5.95. The van der Waals surface area contributed by atoms with E-state index in [4.69, 9.17) is 21.7 Å². The minimum Gasteiger partial charge on any atom is -0.481 e. The van der Waals surface area contributed by atoms with Crippen molar-refractivity contribution in [1.82, 2.24) is 20.6 Å². The molecule has 1 aromatic rings. The fraction of sp³-hybridized carbons (Fsp3) is 0.467. The lowest BCUT2D eigenvalue weighted by Gasteiger charge is -2.22. The van der Waals surface area contributed by atoms with Crippen LogP contribution in [0.15, 0.2) is 12.5 Å². The van der Waals surface area contributed by atoms with E-state index in [1.165, 1.54) is 12.5 Å². The second-order valence-electron chi connectivity index (χ2n) is 5.95. The Morgan fingerprint density at radius 2 is 1.75 bits per heavy atom. The molecule has 3 atom stereocenters. The van der Waals surface area contributed by atoms with Gasteiger partial charge >= 0.3 is 11.9 Å². The largest absolute Gasteiger partial charge is 0.481 e. The first-order valence-electron chi connectivity index (χ1n) is 8.16. The van der Waals surface area contributed by atoms with E-state index in [1.54, 1.807) is 0 Å². The number of carbonyl (C=O) groups is 5. The number of imidazole rings is 1. The maximum absolute atomic E-state index is 12.5. The molecule has 0 aliphatic heterocycles. The molecule has 13 heteroatoms. The van der Waals surface area contributed by atoms with E-state index >= 15 is 0 Å². The third-order valence-corrected chi connectivity index (χ3v) is 3.64. The maximum Gasteiger partial charge on any atom is 0.326 e. The number of H-pyrrole nitrogens is 1. The SMILES string of the molecule is NC(=O)CC(NC(=O)C(Cc1cnc[nH]1)NC(=O)C(N)CCC(=O)O)C(=O)O. The lowest BCUT2D eigenvalue weighted by Crippen LogP contribution is -2.55. The molecule has 1 aromatic heterocycles. The maximum atomic E-state index is 12.5. The second kappa shape index (κ2) is 10.6. The Labute approximate surface area is 158 Å². The van der Waals surface area contributed by atoms with Crippen LogP contribution in [0, 0.1) is 0 Å². The molecule has 0 radical (unpaired) electrons. The number of aromatic amines is 1. The summed E-state index contributed by atoms with van der Waals surface area (Å²) in [4.78, 5) is 63.9. The number of carboxylic acid groups (broad SMARTS) is 2. The standard InChI is InChI=1S/C15H22N6O7/c16-8(1-2-12(23)24)13(25)20-9(3-7-5-18-6-19-7)14(26)21-10(15(27)28)4-11(17)22/h5-6,8-10H,1-4,16H2,(H2,17,22)(H,18,19)(H,20,25)(H,21,26)(H,23,24)(H,27,28). The van der Waals surface area contributed by atoms with Crippen molar-refractivity contribution >= 4 is 29.7 Å². The predicted molar refractivity (Wildman–Crippen MR) is 92.4 cm³/mol. The Balaban J connectivity index is 2.87. The molecular formula is C15H22N6O7. The summed E-state index contributed by atoms with van der Waals surface area (Å²) in [6.07, 6.45) is 1.54. The van der Waals surface area contributed by atoms with Gasteiger partial charge in [0.25, 0.3) is 0 Å². The molecule has 9 N–H and O–H groups in total. The molecule has 1 rings (SSSR count). The molecule has 13 nitrogen and oxygen atoms in total. The van der Waals surface area contributed by atoms with Crippen molar-refractivity contribution in [2.45, 2.75) is 43.8 Å². The van der Waals surface area contributed by atoms with Gasteiger partial charge in [0.2, 0.25) is 17.7 Å². The molecule has 0 aliphatic carbocycles. The topological polar surface area (TPSA) is 231 Å². The number of aliphatic carboxylic acids is 2. The average Bonchev–Trinajstić information content (AvgIpc) is 3.10. The Morgan fingerprint density at radius 3 is 2.25 bits per heavy atom. The van der Waals surface area contributed by atoms with Crippen molar-refractivity contribution in [3.63, 3.8) is 0 Å². The Hall–Kier alpha value is -3.48. The third kappa shape index (κ3) is 7.82. The number of nitrogens with two attached hydrogens (primary N) is 2. The van der Waals surface area contributed by atoms with Gasteiger partial charge in [0.1, 0.15) is 12.1 Å². The van der Waals surface area contributed by atoms with Crippen LogP contribution in [0.1, 0.15) is 25.0 Å². The number of aromatic nitrogens is 2. The highest BCUT2D eigenvalue weighted by atomic mass is 16.4. The van der Waals surface area contributed by atoms with Crippen LogP contribution in [-0.2, 0) is 30.4 Å². The summed E-state index contributed by atoms with van der Waals surface area (Å²) in [5, 5.41) is 22.2. The summed E-state index contributed by atoms with van der Waals surface area (Å²) in [5.41, 5.74) is 11.0. The first-order chi connectivity index (χ1) is 13.1. The predicted octanol–water partition coefficient (Wildman–Crippen LogP) is -2.93. The van der Waals surface area contributed by atoms with Crippen molar-refractivity contribution in [2.75, 3.05) is 0 Å². The smallest absolute Gasteiger partial charge is 0.326 e. The molecule has 0 bridgehead atoms. The highest BCUT2D eigenvalue weighted by Gasteiger charge is 2.29. The molecule has 0 fully saturated rings. The Bertz CT molecular complexity index is 720. The van der Waals surface area contributed by atoms with Gasteiger partial charge in [0, 0.05) is 24.7 Å². The first-order valence-corrected chi connectivity index (χ1v) is 8.16. The normalized spacial score (nSPS) is 13.8. The van der Waals surface area contributed by atoms with E-state index in [9.17, 15) is 24.0 Å². The number of rotatable bonds is 12. The van der Waals surface area contributed by atoms with Gasteiger partial charge in [-0.3, -0.25) is 19.2 Å². The summed E-state index contributed by atoms with van der Waals surface area (Å²) >= 11 is 0. The quantitative estimate of drug-likeness (QED) is 0.191. The number of primary amides is 1. The van der Waals surface area contributed by atoms with Crippen LogP contribution in [0.5, 0.6) is 0 Å². The van der Waals surface area contributed by atoms with Crippen LogP contribution >= 0.6 is 0 Å². The Kier molecular flexibility index (Phi) is 8.55. The lowest BCUT2D eigenvalue weighted by atomic mass is 10.1. The zero-order chi connectivity index (χ0) is 21.3. The van der Waals surface area contributed by atoms with Crippen LogP contribution < -0.4 is 22.1 Å². The van der Waals surface area contributed by atoms with Gasteiger partial charge in [0.05, 0.1) is 18.8 Å². The number of hydrogen-bond acceptors (Lipinski definition) is 7. The molecular weight excluding hydrogens is 376 g/mol. The van der Waals surface area contributed by atoms with Crippen molar-refractivity contribution in [1.29, 1.82) is 0 Å². The van der Waals surface area contributed by atoms with Crippen molar-refractivity contribution in [2.24, 2.45) is 11.5 Å². The summed E-state index contributed by atoms with van der Waals surface area (Å²) < 4.78 is 0. The third-order valence-electron chi connectivity index (χ3n) is 3.64. The molecule has 154 valence electrons. The zero-order valence-corrected chi connectivity index (χ0v) is 14.8. The monoisotopic (exact) mass is 398 g/mol. The molecule has 3 amide bonds. The summed E-state index contributed by atoms with van der Waals surface area (Å²) in [7, 11) is 0. The first kappa shape index (κ1) is 22.6. The number of nitrogens with zero attached hydrogens (tertiary/aromatic N) is 1. The molecule has 0 saturated heterocycles. The average molecular weight is 398 g/mol. The van der Waals surface area contributed by atoms with Crippen molar-refractivity contribution < 1.29 is 34.2 Å². The number of hydrogen-bond donors (Lipinski definition) is 7. The van der Waals surface area contributed by atoms with Gasteiger partial charge in [-0.1, -0.05) is 0 Å².